The molecule has 0 unspecified atom stereocenters. The van der Waals surface area contributed by atoms with Gasteiger partial charge in [-0.05, 0) is 35.6 Å². The van der Waals surface area contributed by atoms with E-state index in [1.807, 2.05) is 18.2 Å². The molecule has 1 aromatic carbocycles. The highest BCUT2D eigenvalue weighted by Gasteiger charge is 2.39. The van der Waals surface area contributed by atoms with Gasteiger partial charge >= 0.3 is 6.18 Å². The molecule has 1 fully saturated rings. The highest BCUT2D eigenvalue weighted by Crippen LogP contribution is 2.45. The zero-order valence-corrected chi connectivity index (χ0v) is 13.3. The van der Waals surface area contributed by atoms with Crippen molar-refractivity contribution in [3.8, 4) is 11.1 Å². The molecule has 0 saturated heterocycles. The summed E-state index contributed by atoms with van der Waals surface area (Å²) in [5.74, 6) is 0. The van der Waals surface area contributed by atoms with E-state index in [0.717, 1.165) is 24.8 Å². The summed E-state index contributed by atoms with van der Waals surface area (Å²) in [4.78, 5) is 3.96. The molecule has 0 spiro atoms. The number of benzene rings is 1. The van der Waals surface area contributed by atoms with E-state index in [0.29, 0.717) is 11.1 Å². The van der Waals surface area contributed by atoms with Crippen LogP contribution in [0.25, 0.3) is 22.2 Å². The molecule has 2 N–H and O–H groups in total. The van der Waals surface area contributed by atoms with E-state index in [1.165, 1.54) is 6.20 Å². The van der Waals surface area contributed by atoms with E-state index in [9.17, 15) is 18.3 Å². The summed E-state index contributed by atoms with van der Waals surface area (Å²) < 4.78 is 39.9. The molecule has 1 saturated carbocycles. The Hall–Kier alpha value is -2.41. The summed E-state index contributed by atoms with van der Waals surface area (Å²) in [6.07, 6.45) is -0.275. The second kappa shape index (κ2) is 5.56. The van der Waals surface area contributed by atoms with Gasteiger partial charge in [0, 0.05) is 11.6 Å². The number of fused-ring (bicyclic) bond motifs is 1. The van der Waals surface area contributed by atoms with Gasteiger partial charge in [-0.3, -0.25) is 5.10 Å². The molecule has 0 amide bonds. The van der Waals surface area contributed by atoms with Crippen molar-refractivity contribution in [1.29, 1.82) is 0 Å². The Morgan fingerprint density at radius 1 is 1.20 bits per heavy atom. The number of nitrogens with one attached hydrogen (secondary N) is 1. The van der Waals surface area contributed by atoms with E-state index in [1.54, 1.807) is 12.1 Å². The van der Waals surface area contributed by atoms with Crippen LogP contribution in [0, 0.1) is 0 Å². The standard InChI is InChI=1S/C18H16F3N3O/c19-18(20,21)15-14-13(5-8-22-16(14)24-23-15)11-3-1-4-12(9-11)17(10-25)6-2-7-17/h1,3-5,8-9,25H,2,6-7,10H2,(H,22,23,24). The first-order valence-corrected chi connectivity index (χ1v) is 8.07. The number of aliphatic hydroxyl groups excluding tert-OH is 1. The van der Waals surface area contributed by atoms with Crippen molar-refractivity contribution in [2.24, 2.45) is 0 Å². The van der Waals surface area contributed by atoms with Crippen LogP contribution in [0.15, 0.2) is 36.5 Å². The summed E-state index contributed by atoms with van der Waals surface area (Å²) in [7, 11) is 0. The number of rotatable bonds is 3. The predicted octanol–water partition coefficient (Wildman–Crippen LogP) is 4.06. The van der Waals surface area contributed by atoms with Gasteiger partial charge in [-0.25, -0.2) is 4.98 Å². The van der Waals surface area contributed by atoms with E-state index >= 15 is 0 Å². The summed E-state index contributed by atoms with van der Waals surface area (Å²) in [5, 5.41) is 15.5. The van der Waals surface area contributed by atoms with Gasteiger partial charge in [-0.1, -0.05) is 30.7 Å². The first-order valence-electron chi connectivity index (χ1n) is 8.07. The van der Waals surface area contributed by atoms with E-state index in [2.05, 4.69) is 15.2 Å². The van der Waals surface area contributed by atoms with Crippen LogP contribution in [0.1, 0.15) is 30.5 Å². The van der Waals surface area contributed by atoms with Crippen LogP contribution in [-0.4, -0.2) is 26.9 Å². The fourth-order valence-corrected chi connectivity index (χ4v) is 3.55. The Labute approximate surface area is 141 Å². The maximum absolute atomic E-state index is 13.3. The smallest absolute Gasteiger partial charge is 0.395 e. The summed E-state index contributed by atoms with van der Waals surface area (Å²) in [6.45, 7) is 0.0434. The molecule has 4 nitrogen and oxygen atoms in total. The second-order valence-electron chi connectivity index (χ2n) is 6.52. The number of pyridine rings is 1. The number of halogens is 3. The topological polar surface area (TPSA) is 61.8 Å². The minimum Gasteiger partial charge on any atom is -0.395 e. The third-order valence-electron chi connectivity index (χ3n) is 5.13. The molecule has 3 aromatic rings. The van der Waals surface area contributed by atoms with Crippen molar-refractivity contribution in [1.82, 2.24) is 15.2 Å². The number of hydrogen-bond donors (Lipinski definition) is 2. The fraction of sp³-hybridized carbons (Fsp3) is 0.333. The van der Waals surface area contributed by atoms with Crippen LogP contribution in [0.2, 0.25) is 0 Å². The van der Waals surface area contributed by atoms with Crippen molar-refractivity contribution >= 4 is 11.0 Å². The molecule has 0 atom stereocenters. The molecule has 2 heterocycles. The predicted molar refractivity (Wildman–Crippen MR) is 86.9 cm³/mol. The number of aromatic amines is 1. The molecule has 1 aliphatic rings. The summed E-state index contributed by atoms with van der Waals surface area (Å²) >= 11 is 0. The molecule has 25 heavy (non-hydrogen) atoms. The summed E-state index contributed by atoms with van der Waals surface area (Å²) in [5.41, 5.74) is 0.927. The number of aromatic nitrogens is 3. The van der Waals surface area contributed by atoms with Crippen LogP contribution >= 0.6 is 0 Å². The lowest BCUT2D eigenvalue weighted by Gasteiger charge is -2.41. The number of alkyl halides is 3. The molecule has 7 heteroatoms. The third-order valence-corrected chi connectivity index (χ3v) is 5.13. The SMILES string of the molecule is OCC1(c2cccc(-c3ccnc4[nH]nc(C(F)(F)F)c34)c2)CCC1. The number of hydrogen-bond acceptors (Lipinski definition) is 3. The minimum absolute atomic E-state index is 0.0289. The molecule has 0 aliphatic heterocycles. The Morgan fingerprint density at radius 2 is 2.00 bits per heavy atom. The van der Waals surface area contributed by atoms with E-state index in [4.69, 9.17) is 0 Å². The molecule has 2 aromatic heterocycles. The van der Waals surface area contributed by atoms with Gasteiger partial charge < -0.3 is 5.11 Å². The molecule has 0 radical (unpaired) electrons. The molecule has 0 bridgehead atoms. The maximum Gasteiger partial charge on any atom is 0.435 e. The Morgan fingerprint density at radius 3 is 2.64 bits per heavy atom. The average molecular weight is 347 g/mol. The molecule has 4 rings (SSSR count). The fourth-order valence-electron chi connectivity index (χ4n) is 3.55. The van der Waals surface area contributed by atoms with E-state index < -0.39 is 11.9 Å². The van der Waals surface area contributed by atoms with E-state index in [-0.39, 0.29) is 23.1 Å². The maximum atomic E-state index is 13.3. The summed E-state index contributed by atoms with van der Waals surface area (Å²) in [6, 6.07) is 8.96. The first-order chi connectivity index (χ1) is 11.9. The molecular formula is C18H16F3N3O. The van der Waals surface area contributed by atoms with Gasteiger partial charge in [0.2, 0.25) is 0 Å². The monoisotopic (exact) mass is 347 g/mol. The lowest BCUT2D eigenvalue weighted by Crippen LogP contribution is -2.37. The quantitative estimate of drug-likeness (QED) is 0.751. The minimum atomic E-state index is -4.56. The van der Waals surface area contributed by atoms with Crippen molar-refractivity contribution in [3.05, 3.63) is 47.8 Å². The lowest BCUT2D eigenvalue weighted by molar-refractivity contribution is -0.139. The molecular weight excluding hydrogens is 331 g/mol. The van der Waals surface area contributed by atoms with Gasteiger partial charge in [0.1, 0.15) is 0 Å². The number of nitrogens with zero attached hydrogens (tertiary/aromatic N) is 2. The van der Waals surface area contributed by atoms with Gasteiger partial charge in [-0.15, -0.1) is 0 Å². The van der Waals surface area contributed by atoms with Crippen molar-refractivity contribution in [2.75, 3.05) is 6.61 Å². The van der Waals surface area contributed by atoms with Gasteiger partial charge in [-0.2, -0.15) is 18.3 Å². The van der Waals surface area contributed by atoms with Crippen LogP contribution < -0.4 is 0 Å². The largest absolute Gasteiger partial charge is 0.435 e. The van der Waals surface area contributed by atoms with Crippen LogP contribution in [0.4, 0.5) is 13.2 Å². The van der Waals surface area contributed by atoms with Crippen LogP contribution in [0.5, 0.6) is 0 Å². The molecule has 1 aliphatic carbocycles. The highest BCUT2D eigenvalue weighted by atomic mass is 19.4. The zero-order chi connectivity index (χ0) is 17.7. The Balaban J connectivity index is 1.90. The van der Waals surface area contributed by atoms with Gasteiger partial charge in [0.15, 0.2) is 11.3 Å². The van der Waals surface area contributed by atoms with Crippen molar-refractivity contribution < 1.29 is 18.3 Å². The average Bonchev–Trinajstić information content (AvgIpc) is 2.99. The zero-order valence-electron chi connectivity index (χ0n) is 13.3. The first kappa shape index (κ1) is 16.1. The molecule has 130 valence electrons. The Bertz CT molecular complexity index is 923. The normalized spacial score (nSPS) is 16.8. The van der Waals surface area contributed by atoms with Crippen LogP contribution in [0.3, 0.4) is 0 Å². The van der Waals surface area contributed by atoms with Crippen LogP contribution in [-0.2, 0) is 11.6 Å². The van der Waals surface area contributed by atoms with Gasteiger partial charge in [0.05, 0.1) is 12.0 Å². The van der Waals surface area contributed by atoms with Crippen molar-refractivity contribution in [2.45, 2.75) is 30.9 Å². The van der Waals surface area contributed by atoms with Gasteiger partial charge in [0.25, 0.3) is 0 Å². The second-order valence-corrected chi connectivity index (χ2v) is 6.52. The third kappa shape index (κ3) is 2.50. The Kier molecular flexibility index (Phi) is 3.57. The number of H-pyrrole nitrogens is 1. The van der Waals surface area contributed by atoms with Crippen molar-refractivity contribution in [3.63, 3.8) is 0 Å². The highest BCUT2D eigenvalue weighted by molar-refractivity contribution is 5.94. The lowest BCUT2D eigenvalue weighted by atomic mass is 9.65. The number of aliphatic hydroxyl groups is 1.